The molecule has 1 amide bonds. The van der Waals surface area contributed by atoms with Gasteiger partial charge in [0.25, 0.3) is 0 Å². The summed E-state index contributed by atoms with van der Waals surface area (Å²) in [5.41, 5.74) is 0.520. The van der Waals surface area contributed by atoms with Gasteiger partial charge in [-0.3, -0.25) is 4.79 Å². The standard InChI is InChI=1S/C14H17Cl2NO5S/c1-2-3-23(21,22)8-13(18)17-12(14(19)20)6-9-4-10(15)7-11(16)5-9/h4-5,7,12H,2-3,6,8H2,1H3,(H,17,18)(H,19,20). The van der Waals surface area contributed by atoms with Crippen LogP contribution in [0.3, 0.4) is 0 Å². The predicted molar refractivity (Wildman–Crippen MR) is 88.7 cm³/mol. The molecule has 0 heterocycles. The molecular weight excluding hydrogens is 365 g/mol. The third-order valence-electron chi connectivity index (χ3n) is 2.86. The molecule has 0 saturated carbocycles. The lowest BCUT2D eigenvalue weighted by molar-refractivity contribution is -0.141. The van der Waals surface area contributed by atoms with Crippen molar-refractivity contribution in [2.45, 2.75) is 25.8 Å². The molecule has 1 atom stereocenters. The molecular formula is C14H17Cl2NO5S. The normalized spacial score (nSPS) is 12.7. The molecule has 0 aromatic heterocycles. The van der Waals surface area contributed by atoms with Crippen molar-refractivity contribution < 1.29 is 23.1 Å². The average Bonchev–Trinajstić information content (AvgIpc) is 2.35. The first-order valence-electron chi connectivity index (χ1n) is 6.80. The molecule has 0 aliphatic rings. The number of halogens is 2. The summed E-state index contributed by atoms with van der Waals surface area (Å²) in [6.07, 6.45) is 0.328. The highest BCUT2D eigenvalue weighted by atomic mass is 35.5. The van der Waals surface area contributed by atoms with Gasteiger partial charge in [-0.2, -0.15) is 0 Å². The Kier molecular flexibility index (Phi) is 7.31. The number of amides is 1. The Balaban J connectivity index is 2.79. The van der Waals surface area contributed by atoms with E-state index in [1.165, 1.54) is 18.2 Å². The second-order valence-electron chi connectivity index (χ2n) is 5.03. The molecule has 0 saturated heterocycles. The maximum absolute atomic E-state index is 11.8. The zero-order valence-corrected chi connectivity index (χ0v) is 14.7. The fraction of sp³-hybridized carbons (Fsp3) is 0.429. The zero-order valence-electron chi connectivity index (χ0n) is 12.4. The van der Waals surface area contributed by atoms with Crippen LogP contribution in [0.15, 0.2) is 18.2 Å². The minimum Gasteiger partial charge on any atom is -0.480 e. The summed E-state index contributed by atoms with van der Waals surface area (Å²) in [5, 5.41) is 12.1. The minimum atomic E-state index is -3.54. The molecule has 128 valence electrons. The molecule has 6 nitrogen and oxygen atoms in total. The summed E-state index contributed by atoms with van der Waals surface area (Å²) in [5.74, 6) is -2.98. The van der Waals surface area contributed by atoms with Crippen molar-refractivity contribution in [3.63, 3.8) is 0 Å². The second kappa shape index (κ2) is 8.52. The lowest BCUT2D eigenvalue weighted by Crippen LogP contribution is -2.44. The molecule has 1 aromatic rings. The molecule has 1 rings (SSSR count). The van der Waals surface area contributed by atoms with Gasteiger partial charge in [0.1, 0.15) is 11.8 Å². The van der Waals surface area contributed by atoms with Crippen molar-refractivity contribution >= 4 is 44.9 Å². The van der Waals surface area contributed by atoms with Crippen LogP contribution in [0.25, 0.3) is 0 Å². The fourth-order valence-electron chi connectivity index (χ4n) is 1.98. The molecule has 1 aromatic carbocycles. The maximum Gasteiger partial charge on any atom is 0.326 e. The summed E-state index contributed by atoms with van der Waals surface area (Å²) in [6.45, 7) is 1.68. The summed E-state index contributed by atoms with van der Waals surface area (Å²) in [6, 6.07) is 3.29. The first-order chi connectivity index (χ1) is 10.6. The Morgan fingerprint density at radius 2 is 1.78 bits per heavy atom. The Labute approximate surface area is 144 Å². The molecule has 0 aliphatic carbocycles. The first-order valence-corrected chi connectivity index (χ1v) is 9.38. The number of sulfone groups is 1. The number of aliphatic carboxylic acids is 1. The monoisotopic (exact) mass is 381 g/mol. The van der Waals surface area contributed by atoms with Crippen molar-refractivity contribution in [3.8, 4) is 0 Å². The van der Waals surface area contributed by atoms with E-state index < -0.39 is 33.5 Å². The van der Waals surface area contributed by atoms with Crippen LogP contribution in [0.2, 0.25) is 10.0 Å². The van der Waals surface area contributed by atoms with Crippen LogP contribution in [0, 0.1) is 0 Å². The Hall–Kier alpha value is -1.31. The Morgan fingerprint density at radius 3 is 2.26 bits per heavy atom. The van der Waals surface area contributed by atoms with Crippen molar-refractivity contribution in [1.82, 2.24) is 5.32 Å². The SMILES string of the molecule is CCCS(=O)(=O)CC(=O)NC(Cc1cc(Cl)cc(Cl)c1)C(=O)O. The topological polar surface area (TPSA) is 101 Å². The van der Waals surface area contributed by atoms with E-state index in [9.17, 15) is 23.1 Å². The number of hydrogen-bond donors (Lipinski definition) is 2. The van der Waals surface area contributed by atoms with Crippen LogP contribution >= 0.6 is 23.2 Å². The quantitative estimate of drug-likeness (QED) is 0.716. The lowest BCUT2D eigenvalue weighted by Gasteiger charge is -2.15. The van der Waals surface area contributed by atoms with E-state index in [4.69, 9.17) is 23.2 Å². The summed E-state index contributed by atoms with van der Waals surface area (Å²) >= 11 is 11.7. The van der Waals surface area contributed by atoms with Gasteiger partial charge in [0.05, 0.1) is 5.75 Å². The number of benzene rings is 1. The zero-order chi connectivity index (χ0) is 17.6. The van der Waals surface area contributed by atoms with Gasteiger partial charge in [-0.05, 0) is 30.2 Å². The van der Waals surface area contributed by atoms with Crippen LogP contribution in [-0.4, -0.2) is 42.9 Å². The molecule has 0 aliphatic heterocycles. The molecule has 0 radical (unpaired) electrons. The second-order valence-corrected chi connectivity index (χ2v) is 8.09. The van der Waals surface area contributed by atoms with Crippen LogP contribution in [0.1, 0.15) is 18.9 Å². The van der Waals surface area contributed by atoms with Crippen LogP contribution in [0.4, 0.5) is 0 Å². The van der Waals surface area contributed by atoms with Gasteiger partial charge in [0.15, 0.2) is 9.84 Å². The highest BCUT2D eigenvalue weighted by molar-refractivity contribution is 7.92. The Morgan fingerprint density at radius 1 is 1.22 bits per heavy atom. The predicted octanol–water partition coefficient (Wildman–Crippen LogP) is 1.93. The number of rotatable bonds is 8. The number of carboxylic acid groups (broad SMARTS) is 1. The molecule has 0 spiro atoms. The van der Waals surface area contributed by atoms with E-state index in [1.807, 2.05) is 0 Å². The summed E-state index contributed by atoms with van der Waals surface area (Å²) in [4.78, 5) is 23.0. The average molecular weight is 382 g/mol. The van der Waals surface area contributed by atoms with Gasteiger partial charge in [-0.25, -0.2) is 13.2 Å². The van der Waals surface area contributed by atoms with Crippen LogP contribution < -0.4 is 5.32 Å². The Bertz CT molecular complexity index is 670. The minimum absolute atomic E-state index is 0.0603. The third-order valence-corrected chi connectivity index (χ3v) is 5.03. The van der Waals surface area contributed by atoms with Gasteiger partial charge < -0.3 is 10.4 Å². The van der Waals surface area contributed by atoms with Crippen molar-refractivity contribution in [3.05, 3.63) is 33.8 Å². The smallest absolute Gasteiger partial charge is 0.326 e. The summed E-state index contributed by atoms with van der Waals surface area (Å²) < 4.78 is 23.2. The molecule has 2 N–H and O–H groups in total. The molecule has 1 unspecified atom stereocenters. The van der Waals surface area contributed by atoms with E-state index in [-0.39, 0.29) is 12.2 Å². The van der Waals surface area contributed by atoms with Gasteiger partial charge in [-0.15, -0.1) is 0 Å². The number of carbonyl (C=O) groups excluding carboxylic acids is 1. The first kappa shape index (κ1) is 19.7. The van der Waals surface area contributed by atoms with Crippen molar-refractivity contribution in [2.24, 2.45) is 0 Å². The van der Waals surface area contributed by atoms with E-state index in [1.54, 1.807) is 6.92 Å². The number of carboxylic acids is 1. The lowest BCUT2D eigenvalue weighted by atomic mass is 10.1. The highest BCUT2D eigenvalue weighted by Gasteiger charge is 2.23. The number of nitrogens with one attached hydrogen (secondary N) is 1. The van der Waals surface area contributed by atoms with E-state index in [2.05, 4.69) is 5.32 Å². The molecule has 0 fully saturated rings. The molecule has 23 heavy (non-hydrogen) atoms. The molecule has 9 heteroatoms. The van der Waals surface area contributed by atoms with Crippen molar-refractivity contribution in [1.29, 1.82) is 0 Å². The van der Waals surface area contributed by atoms with Gasteiger partial charge in [0.2, 0.25) is 5.91 Å². The van der Waals surface area contributed by atoms with E-state index >= 15 is 0 Å². The summed E-state index contributed by atoms with van der Waals surface area (Å²) in [7, 11) is -3.54. The largest absolute Gasteiger partial charge is 0.480 e. The van der Waals surface area contributed by atoms with Gasteiger partial charge in [0, 0.05) is 16.5 Å². The van der Waals surface area contributed by atoms with Gasteiger partial charge in [-0.1, -0.05) is 30.1 Å². The van der Waals surface area contributed by atoms with Crippen LogP contribution in [-0.2, 0) is 25.8 Å². The molecule has 0 bridgehead atoms. The third kappa shape index (κ3) is 7.20. The highest BCUT2D eigenvalue weighted by Crippen LogP contribution is 2.20. The van der Waals surface area contributed by atoms with Crippen LogP contribution in [0.5, 0.6) is 0 Å². The fourth-order valence-corrected chi connectivity index (χ4v) is 3.80. The van der Waals surface area contributed by atoms with Crippen molar-refractivity contribution in [2.75, 3.05) is 11.5 Å². The van der Waals surface area contributed by atoms with Gasteiger partial charge >= 0.3 is 5.97 Å². The number of carbonyl (C=O) groups is 2. The van der Waals surface area contributed by atoms with E-state index in [0.717, 1.165) is 0 Å². The maximum atomic E-state index is 11.8. The number of hydrogen-bond acceptors (Lipinski definition) is 4. The van der Waals surface area contributed by atoms with E-state index in [0.29, 0.717) is 22.0 Å².